The number of Topliss-reactive ketones (excluding diaryl/α,β-unsaturated/α-hetero) is 1. The summed E-state index contributed by atoms with van der Waals surface area (Å²) in [5, 5.41) is 3.24. The molecule has 1 spiro atoms. The van der Waals surface area contributed by atoms with Crippen LogP contribution in [0.25, 0.3) is 10.4 Å². The van der Waals surface area contributed by atoms with Gasteiger partial charge in [-0.15, -0.1) is 11.3 Å². The number of nitrogens with one attached hydrogen (secondary N) is 1. The number of methoxy groups -OCH3 is 1. The van der Waals surface area contributed by atoms with Crippen LogP contribution in [0, 0.1) is 11.2 Å². The van der Waals surface area contributed by atoms with Gasteiger partial charge in [0.05, 0.1) is 22.7 Å². The second-order valence-corrected chi connectivity index (χ2v) is 15.6. The second kappa shape index (κ2) is 15.1. The summed E-state index contributed by atoms with van der Waals surface area (Å²) < 4.78 is 25.4. The van der Waals surface area contributed by atoms with E-state index in [1.807, 2.05) is 36.4 Å². The molecule has 0 radical (unpaired) electrons. The highest BCUT2D eigenvalue weighted by molar-refractivity contribution is 7.17. The van der Waals surface area contributed by atoms with Crippen LogP contribution in [0.1, 0.15) is 59.9 Å². The van der Waals surface area contributed by atoms with Crippen molar-refractivity contribution < 1.29 is 28.2 Å². The zero-order chi connectivity index (χ0) is 37.4. The lowest BCUT2D eigenvalue weighted by Crippen LogP contribution is -2.59. The maximum absolute atomic E-state index is 14.5. The van der Waals surface area contributed by atoms with Gasteiger partial charge in [-0.2, -0.15) is 0 Å². The molecule has 2 saturated heterocycles. The molecular formula is C42H38ClFN4O5S. The predicted octanol–water partition coefficient (Wildman–Crippen LogP) is 8.25. The molecule has 3 aliphatic heterocycles. The highest BCUT2D eigenvalue weighted by Gasteiger charge is 2.45. The Bertz CT molecular complexity index is 2230. The molecule has 0 bridgehead atoms. The van der Waals surface area contributed by atoms with E-state index in [0.29, 0.717) is 47.1 Å². The topological polar surface area (TPSA) is 101 Å². The standard InChI is InChI=1S/C42H38ClFN4O5S/c1-52-23-26-19-32(39(45-22-26)47-24-42(25-47)14-17-53-18-15-42)40(50)46-29-11-9-27(10-12-29)41(51)48-16-13-28-20-37(54-38(28)30-5-2-3-8-35(30)48)36(49)21-31-33(43)6-4-7-34(31)44/h2-12,19-20,22H,13-18,21,23-25H2,1H3,(H,46,50). The summed E-state index contributed by atoms with van der Waals surface area (Å²) >= 11 is 7.56. The molecule has 0 unspecified atom stereocenters. The van der Waals surface area contributed by atoms with Crippen molar-refractivity contribution >= 4 is 57.7 Å². The fourth-order valence-electron chi connectivity index (χ4n) is 7.64. The molecule has 0 aliphatic carbocycles. The molecule has 276 valence electrons. The van der Waals surface area contributed by atoms with E-state index in [9.17, 15) is 18.8 Å². The Morgan fingerprint density at radius 3 is 2.56 bits per heavy atom. The Balaban J connectivity index is 0.983. The number of fused-ring (bicyclic) bond motifs is 3. The number of aromatic nitrogens is 1. The van der Waals surface area contributed by atoms with Crippen molar-refractivity contribution in [3.8, 4) is 10.4 Å². The minimum Gasteiger partial charge on any atom is -0.381 e. The van der Waals surface area contributed by atoms with Crippen LogP contribution in [0.4, 0.5) is 21.6 Å². The van der Waals surface area contributed by atoms with Crippen LogP contribution < -0.4 is 15.1 Å². The third kappa shape index (κ3) is 7.04. The van der Waals surface area contributed by atoms with Crippen LogP contribution in [0.2, 0.25) is 5.02 Å². The van der Waals surface area contributed by atoms with Crippen molar-refractivity contribution in [2.75, 3.05) is 55.1 Å². The first-order chi connectivity index (χ1) is 26.2. The number of pyridine rings is 1. The summed E-state index contributed by atoms with van der Waals surface area (Å²) in [6, 6.07) is 22.6. The zero-order valence-electron chi connectivity index (χ0n) is 29.7. The van der Waals surface area contributed by atoms with E-state index >= 15 is 0 Å². The van der Waals surface area contributed by atoms with Gasteiger partial charge in [-0.3, -0.25) is 14.4 Å². The fourth-order valence-corrected chi connectivity index (χ4v) is 9.05. The number of ether oxygens (including phenoxy) is 2. The number of carbonyl (C=O) groups excluding carboxylic acids is 3. The Morgan fingerprint density at radius 2 is 1.80 bits per heavy atom. The first-order valence-corrected chi connectivity index (χ1v) is 19.1. The normalized spacial score (nSPS) is 15.9. The van der Waals surface area contributed by atoms with Crippen LogP contribution >= 0.6 is 22.9 Å². The van der Waals surface area contributed by atoms with Crippen LogP contribution in [0.5, 0.6) is 0 Å². The zero-order valence-corrected chi connectivity index (χ0v) is 31.3. The maximum atomic E-state index is 14.5. The SMILES string of the molecule is COCc1cnc(N2CC3(CCOCC3)C2)c(C(=O)Nc2ccc(C(=O)N3CCc4cc(C(=O)Cc5c(F)cccc5Cl)sc4-c4ccccc43)cc2)c1. The van der Waals surface area contributed by atoms with Gasteiger partial charge in [-0.1, -0.05) is 35.9 Å². The monoisotopic (exact) mass is 764 g/mol. The molecule has 0 saturated carbocycles. The first-order valence-electron chi connectivity index (χ1n) is 17.9. The minimum absolute atomic E-state index is 0.138. The smallest absolute Gasteiger partial charge is 0.259 e. The molecule has 1 N–H and O–H groups in total. The Labute approximate surface area is 321 Å². The van der Waals surface area contributed by atoms with Gasteiger partial charge < -0.3 is 24.6 Å². The van der Waals surface area contributed by atoms with E-state index < -0.39 is 5.82 Å². The molecule has 2 aromatic heterocycles. The molecule has 8 rings (SSSR count). The lowest BCUT2D eigenvalue weighted by molar-refractivity contribution is -0.000515. The summed E-state index contributed by atoms with van der Waals surface area (Å²) in [6.45, 7) is 3.92. The number of thiophene rings is 1. The summed E-state index contributed by atoms with van der Waals surface area (Å²) in [7, 11) is 1.61. The second-order valence-electron chi connectivity index (χ2n) is 14.1. The number of hydrogen-bond donors (Lipinski definition) is 1. The van der Waals surface area contributed by atoms with Gasteiger partial charge in [-0.05, 0) is 85.0 Å². The summed E-state index contributed by atoms with van der Waals surface area (Å²) in [5.41, 5.74) is 5.23. The molecular weight excluding hydrogens is 727 g/mol. The average molecular weight is 765 g/mol. The molecule has 2 fully saturated rings. The highest BCUT2D eigenvalue weighted by Crippen LogP contribution is 2.44. The van der Waals surface area contributed by atoms with Gasteiger partial charge >= 0.3 is 0 Å². The van der Waals surface area contributed by atoms with Crippen LogP contribution in [-0.2, 0) is 28.9 Å². The van der Waals surface area contributed by atoms with Crippen LogP contribution in [0.15, 0.2) is 85.1 Å². The van der Waals surface area contributed by atoms with Gasteiger partial charge in [0.2, 0.25) is 0 Å². The van der Waals surface area contributed by atoms with E-state index in [4.69, 9.17) is 26.1 Å². The number of halogens is 2. The lowest BCUT2D eigenvalue weighted by Gasteiger charge is -2.53. The quantitative estimate of drug-likeness (QED) is 0.151. The van der Waals surface area contributed by atoms with Crippen molar-refractivity contribution in [3.63, 3.8) is 0 Å². The number of benzene rings is 3. The van der Waals surface area contributed by atoms with Crippen molar-refractivity contribution in [1.29, 1.82) is 0 Å². The van der Waals surface area contributed by atoms with E-state index in [2.05, 4.69) is 10.2 Å². The number of hydrogen-bond acceptors (Lipinski definition) is 8. The third-order valence-electron chi connectivity index (χ3n) is 10.5. The Hall–Kier alpha value is -4.94. The third-order valence-corrected chi connectivity index (χ3v) is 12.2. The Morgan fingerprint density at radius 1 is 1.02 bits per heavy atom. The van der Waals surface area contributed by atoms with Gasteiger partial charge in [0, 0.05) is 90.3 Å². The summed E-state index contributed by atoms with van der Waals surface area (Å²) in [5.74, 6) is -0.536. The molecule has 0 atom stereocenters. The van der Waals surface area contributed by atoms with Gasteiger partial charge in [0.15, 0.2) is 5.78 Å². The van der Waals surface area contributed by atoms with Crippen LogP contribution in [-0.4, -0.2) is 62.5 Å². The first kappa shape index (κ1) is 36.1. The van der Waals surface area contributed by atoms with E-state index in [1.165, 1.54) is 23.5 Å². The summed E-state index contributed by atoms with van der Waals surface area (Å²) in [4.78, 5) is 51.2. The molecule has 5 heterocycles. The molecule has 5 aromatic rings. The van der Waals surface area contributed by atoms with E-state index in [0.717, 1.165) is 66.4 Å². The van der Waals surface area contributed by atoms with Crippen molar-refractivity contribution in [3.05, 3.63) is 129 Å². The van der Waals surface area contributed by atoms with E-state index in [-0.39, 0.29) is 40.0 Å². The highest BCUT2D eigenvalue weighted by atomic mass is 35.5. The minimum atomic E-state index is -0.506. The average Bonchev–Trinajstić information content (AvgIpc) is 3.54. The van der Waals surface area contributed by atoms with Gasteiger partial charge in [0.1, 0.15) is 11.6 Å². The molecule has 3 aromatic carbocycles. The number of amides is 2. The van der Waals surface area contributed by atoms with Gasteiger partial charge in [0.25, 0.3) is 11.8 Å². The molecule has 2 amide bonds. The number of carbonyl (C=O) groups is 3. The molecule has 12 heteroatoms. The molecule has 3 aliphatic rings. The number of ketones is 1. The molecule has 9 nitrogen and oxygen atoms in total. The number of para-hydroxylation sites is 1. The van der Waals surface area contributed by atoms with Gasteiger partial charge in [-0.25, -0.2) is 9.37 Å². The molecule has 54 heavy (non-hydrogen) atoms. The van der Waals surface area contributed by atoms with Crippen LogP contribution in [0.3, 0.4) is 0 Å². The predicted molar refractivity (Wildman–Crippen MR) is 209 cm³/mol. The van der Waals surface area contributed by atoms with Crippen molar-refractivity contribution in [2.24, 2.45) is 5.41 Å². The van der Waals surface area contributed by atoms with Crippen molar-refractivity contribution in [1.82, 2.24) is 4.98 Å². The lowest BCUT2D eigenvalue weighted by atomic mass is 9.73. The fraction of sp³-hybridized carbons (Fsp3) is 0.286. The Kier molecular flexibility index (Phi) is 10.1. The van der Waals surface area contributed by atoms with E-state index in [1.54, 1.807) is 48.5 Å². The summed E-state index contributed by atoms with van der Waals surface area (Å²) in [6.07, 6.45) is 4.16. The number of anilines is 3. The van der Waals surface area contributed by atoms with Crippen molar-refractivity contribution in [2.45, 2.75) is 32.3 Å². The maximum Gasteiger partial charge on any atom is 0.259 e. The largest absolute Gasteiger partial charge is 0.381 e. The number of nitrogens with zero attached hydrogens (tertiary/aromatic N) is 3. The number of rotatable bonds is 9.